The summed E-state index contributed by atoms with van der Waals surface area (Å²) in [5.74, 6) is 0.772. The summed E-state index contributed by atoms with van der Waals surface area (Å²) < 4.78 is 0. The summed E-state index contributed by atoms with van der Waals surface area (Å²) in [4.78, 5) is 12.6. The van der Waals surface area contributed by atoms with Crippen molar-refractivity contribution in [3.8, 4) is 11.3 Å². The molecule has 2 heterocycles. The molecule has 0 saturated carbocycles. The van der Waals surface area contributed by atoms with Crippen LogP contribution in [0.25, 0.3) is 11.3 Å². The molecule has 2 rings (SSSR count). The lowest BCUT2D eigenvalue weighted by molar-refractivity contribution is 1.17. The van der Waals surface area contributed by atoms with E-state index in [4.69, 9.17) is 0 Å². The molecule has 0 fully saturated rings. The maximum atomic E-state index is 4.32. The summed E-state index contributed by atoms with van der Waals surface area (Å²) in [5, 5.41) is 3.02. The smallest absolute Gasteiger partial charge is 0.152 e. The number of aryl methyl sites for hydroxylation is 1. The van der Waals surface area contributed by atoms with Gasteiger partial charge in [0, 0.05) is 37.4 Å². The Morgan fingerprint density at radius 3 is 2.67 bits per heavy atom. The van der Waals surface area contributed by atoms with Crippen molar-refractivity contribution in [2.75, 3.05) is 12.4 Å². The van der Waals surface area contributed by atoms with Crippen LogP contribution in [0.3, 0.4) is 0 Å². The van der Waals surface area contributed by atoms with Gasteiger partial charge in [0.15, 0.2) is 5.82 Å². The Morgan fingerprint density at radius 2 is 1.93 bits per heavy atom. The van der Waals surface area contributed by atoms with E-state index in [1.54, 1.807) is 24.8 Å². The third kappa shape index (κ3) is 1.79. The van der Waals surface area contributed by atoms with E-state index in [0.717, 1.165) is 22.6 Å². The Hall–Kier alpha value is -1.97. The SMILES string of the molecule is CNc1nccnc1-c1cnccc1C. The fraction of sp³-hybridized carbons (Fsp3) is 0.182. The van der Waals surface area contributed by atoms with Gasteiger partial charge in [0.2, 0.25) is 0 Å². The van der Waals surface area contributed by atoms with Crippen LogP contribution in [0.1, 0.15) is 5.56 Å². The number of rotatable bonds is 2. The normalized spacial score (nSPS) is 10.0. The highest BCUT2D eigenvalue weighted by Crippen LogP contribution is 2.24. The summed E-state index contributed by atoms with van der Waals surface area (Å²) in [7, 11) is 1.83. The lowest BCUT2D eigenvalue weighted by Gasteiger charge is -2.08. The minimum atomic E-state index is 0.772. The molecule has 2 aromatic rings. The van der Waals surface area contributed by atoms with Crippen LogP contribution in [0, 0.1) is 6.92 Å². The fourth-order valence-corrected chi connectivity index (χ4v) is 1.43. The van der Waals surface area contributed by atoms with Crippen LogP contribution in [0.4, 0.5) is 5.82 Å². The molecule has 2 aromatic heterocycles. The molecular formula is C11H12N4. The van der Waals surface area contributed by atoms with Gasteiger partial charge in [-0.25, -0.2) is 4.98 Å². The van der Waals surface area contributed by atoms with Crippen LogP contribution in [0.2, 0.25) is 0 Å². The van der Waals surface area contributed by atoms with Crippen LogP contribution < -0.4 is 5.32 Å². The van der Waals surface area contributed by atoms with E-state index in [-0.39, 0.29) is 0 Å². The van der Waals surface area contributed by atoms with E-state index in [1.807, 2.05) is 20.0 Å². The summed E-state index contributed by atoms with van der Waals surface area (Å²) in [5.41, 5.74) is 2.99. The molecule has 0 aliphatic rings. The number of nitrogens with one attached hydrogen (secondary N) is 1. The molecule has 0 aliphatic heterocycles. The first-order valence-electron chi connectivity index (χ1n) is 4.72. The second-order valence-corrected chi connectivity index (χ2v) is 3.19. The Kier molecular flexibility index (Phi) is 2.58. The predicted molar refractivity (Wildman–Crippen MR) is 59.5 cm³/mol. The van der Waals surface area contributed by atoms with Gasteiger partial charge < -0.3 is 5.32 Å². The molecule has 0 aromatic carbocycles. The van der Waals surface area contributed by atoms with Crippen LogP contribution in [0.5, 0.6) is 0 Å². The van der Waals surface area contributed by atoms with Crippen molar-refractivity contribution in [2.24, 2.45) is 0 Å². The Labute approximate surface area is 88.4 Å². The zero-order valence-corrected chi connectivity index (χ0v) is 8.73. The molecule has 0 radical (unpaired) electrons. The van der Waals surface area contributed by atoms with E-state index >= 15 is 0 Å². The van der Waals surface area contributed by atoms with Crippen molar-refractivity contribution in [1.82, 2.24) is 15.0 Å². The van der Waals surface area contributed by atoms with Gasteiger partial charge in [0.1, 0.15) is 5.69 Å². The highest BCUT2D eigenvalue weighted by molar-refractivity contribution is 5.72. The van der Waals surface area contributed by atoms with Crippen molar-refractivity contribution in [2.45, 2.75) is 6.92 Å². The third-order valence-corrected chi connectivity index (χ3v) is 2.23. The van der Waals surface area contributed by atoms with Gasteiger partial charge in [0.05, 0.1) is 0 Å². The molecular weight excluding hydrogens is 188 g/mol. The molecule has 0 saturated heterocycles. The third-order valence-electron chi connectivity index (χ3n) is 2.23. The molecule has 4 heteroatoms. The fourth-order valence-electron chi connectivity index (χ4n) is 1.43. The number of pyridine rings is 1. The monoisotopic (exact) mass is 200 g/mol. The van der Waals surface area contributed by atoms with Gasteiger partial charge in [0.25, 0.3) is 0 Å². The maximum Gasteiger partial charge on any atom is 0.152 e. The molecule has 0 aliphatic carbocycles. The molecule has 4 nitrogen and oxygen atoms in total. The quantitative estimate of drug-likeness (QED) is 0.804. The predicted octanol–water partition coefficient (Wildman–Crippen LogP) is 1.89. The first kappa shape index (κ1) is 9.58. The lowest BCUT2D eigenvalue weighted by atomic mass is 10.1. The first-order chi connectivity index (χ1) is 7.33. The summed E-state index contributed by atoms with van der Waals surface area (Å²) in [6.45, 7) is 2.03. The zero-order chi connectivity index (χ0) is 10.7. The van der Waals surface area contributed by atoms with E-state index < -0.39 is 0 Å². The molecule has 76 valence electrons. The summed E-state index contributed by atoms with van der Waals surface area (Å²) >= 11 is 0. The topological polar surface area (TPSA) is 50.7 Å². The minimum absolute atomic E-state index is 0.772. The van der Waals surface area contributed by atoms with Gasteiger partial charge in [-0.1, -0.05) is 0 Å². The van der Waals surface area contributed by atoms with Crippen molar-refractivity contribution < 1.29 is 0 Å². The second-order valence-electron chi connectivity index (χ2n) is 3.19. The molecule has 15 heavy (non-hydrogen) atoms. The Bertz CT molecular complexity index is 468. The minimum Gasteiger partial charge on any atom is -0.371 e. The molecule has 0 amide bonds. The lowest BCUT2D eigenvalue weighted by Crippen LogP contribution is -1.98. The molecule has 0 unspecified atom stereocenters. The van der Waals surface area contributed by atoms with Gasteiger partial charge in [-0.2, -0.15) is 0 Å². The van der Waals surface area contributed by atoms with E-state index in [1.165, 1.54) is 0 Å². The summed E-state index contributed by atoms with van der Waals surface area (Å²) in [6, 6.07) is 1.96. The van der Waals surface area contributed by atoms with Crippen molar-refractivity contribution in [3.05, 3.63) is 36.4 Å². The molecule has 0 bridgehead atoms. The summed E-state index contributed by atoms with van der Waals surface area (Å²) in [6.07, 6.45) is 6.93. The molecule has 1 N–H and O–H groups in total. The standard InChI is InChI=1S/C11H12N4/c1-8-3-4-13-7-9(8)10-11(12-2)15-6-5-14-10/h3-7H,1-2H3,(H,12,15). The average molecular weight is 200 g/mol. The van der Waals surface area contributed by atoms with E-state index in [9.17, 15) is 0 Å². The number of nitrogens with zero attached hydrogens (tertiary/aromatic N) is 3. The van der Waals surface area contributed by atoms with E-state index in [2.05, 4.69) is 20.3 Å². The van der Waals surface area contributed by atoms with Crippen LogP contribution in [-0.4, -0.2) is 22.0 Å². The zero-order valence-electron chi connectivity index (χ0n) is 8.73. The highest BCUT2D eigenvalue weighted by Gasteiger charge is 2.08. The second kappa shape index (κ2) is 4.04. The number of hydrogen-bond acceptors (Lipinski definition) is 4. The van der Waals surface area contributed by atoms with Crippen LogP contribution in [-0.2, 0) is 0 Å². The van der Waals surface area contributed by atoms with Crippen molar-refractivity contribution in [1.29, 1.82) is 0 Å². The maximum absolute atomic E-state index is 4.32. The highest BCUT2D eigenvalue weighted by atomic mass is 15.0. The van der Waals surface area contributed by atoms with Gasteiger partial charge in [-0.05, 0) is 18.6 Å². The van der Waals surface area contributed by atoms with Gasteiger partial charge in [-0.3, -0.25) is 9.97 Å². The first-order valence-corrected chi connectivity index (χ1v) is 4.72. The molecule has 0 atom stereocenters. The number of aromatic nitrogens is 3. The van der Waals surface area contributed by atoms with Gasteiger partial charge >= 0.3 is 0 Å². The number of anilines is 1. The van der Waals surface area contributed by atoms with E-state index in [0.29, 0.717) is 0 Å². The van der Waals surface area contributed by atoms with Crippen molar-refractivity contribution in [3.63, 3.8) is 0 Å². The van der Waals surface area contributed by atoms with Crippen molar-refractivity contribution >= 4 is 5.82 Å². The van der Waals surface area contributed by atoms with Crippen LogP contribution >= 0.6 is 0 Å². The largest absolute Gasteiger partial charge is 0.371 e. The average Bonchev–Trinajstić information content (AvgIpc) is 2.30. The van der Waals surface area contributed by atoms with Gasteiger partial charge in [-0.15, -0.1) is 0 Å². The van der Waals surface area contributed by atoms with Crippen LogP contribution in [0.15, 0.2) is 30.9 Å². The molecule has 0 spiro atoms. The Balaban J connectivity index is 2.59. The Morgan fingerprint density at radius 1 is 1.13 bits per heavy atom. The number of hydrogen-bond donors (Lipinski definition) is 1.